The van der Waals surface area contributed by atoms with Crippen LogP contribution in [0.25, 0.3) is 0 Å². The van der Waals surface area contributed by atoms with Crippen molar-refractivity contribution in [3.05, 3.63) is 0 Å². The molecule has 0 radical (unpaired) electrons. The van der Waals surface area contributed by atoms with Gasteiger partial charge in [-0.2, -0.15) is 0 Å². The van der Waals surface area contributed by atoms with Gasteiger partial charge in [0.2, 0.25) is 0 Å². The lowest BCUT2D eigenvalue weighted by molar-refractivity contribution is -0.142. The maximum absolute atomic E-state index is 12.0. The van der Waals surface area contributed by atoms with E-state index in [2.05, 4.69) is 5.32 Å². The van der Waals surface area contributed by atoms with Crippen molar-refractivity contribution >= 4 is 12.0 Å². The summed E-state index contributed by atoms with van der Waals surface area (Å²) in [5.74, 6) is -1.30. The molecule has 0 bridgehead atoms. The number of aliphatic carboxylic acids is 1. The number of hydrogen-bond donors (Lipinski definition) is 3. The molecule has 6 heteroatoms. The van der Waals surface area contributed by atoms with Crippen LogP contribution in [0.1, 0.15) is 32.1 Å². The third kappa shape index (κ3) is 2.93. The molecule has 2 unspecified atom stereocenters. The predicted octanol–water partition coefficient (Wildman–Crippen LogP) is 0.406. The molecule has 0 saturated heterocycles. The highest BCUT2D eigenvalue weighted by Crippen LogP contribution is 2.29. The van der Waals surface area contributed by atoms with Crippen molar-refractivity contribution in [2.75, 3.05) is 13.2 Å². The first-order valence-electron chi connectivity index (χ1n) is 6.54. The number of carbonyl (C=O) groups excluding carboxylic acids is 1. The second-order valence-electron chi connectivity index (χ2n) is 5.08. The Bertz CT molecular complexity index is 330. The van der Waals surface area contributed by atoms with E-state index >= 15 is 0 Å². The lowest BCUT2D eigenvalue weighted by atomic mass is 10.0. The van der Waals surface area contributed by atoms with Crippen LogP contribution in [0.15, 0.2) is 0 Å². The number of nitrogens with zero attached hydrogens (tertiary/aromatic N) is 1. The summed E-state index contributed by atoms with van der Waals surface area (Å²) in [4.78, 5) is 24.7. The Labute approximate surface area is 106 Å². The summed E-state index contributed by atoms with van der Waals surface area (Å²) < 4.78 is 0. The van der Waals surface area contributed by atoms with Gasteiger partial charge in [0.15, 0.2) is 0 Å². The summed E-state index contributed by atoms with van der Waals surface area (Å²) in [5, 5.41) is 20.8. The number of urea groups is 1. The number of amides is 2. The third-order valence-corrected chi connectivity index (χ3v) is 3.73. The average Bonchev–Trinajstić information content (AvgIpc) is 3.05. The van der Waals surface area contributed by atoms with E-state index in [4.69, 9.17) is 10.2 Å². The fourth-order valence-corrected chi connectivity index (χ4v) is 2.61. The summed E-state index contributed by atoms with van der Waals surface area (Å²) in [7, 11) is 0. The summed E-state index contributed by atoms with van der Waals surface area (Å²) in [5.41, 5.74) is 0. The Hall–Kier alpha value is -1.30. The highest BCUT2D eigenvalue weighted by atomic mass is 16.4. The van der Waals surface area contributed by atoms with Gasteiger partial charge in [-0.25, -0.2) is 4.79 Å². The van der Waals surface area contributed by atoms with Gasteiger partial charge in [-0.3, -0.25) is 4.79 Å². The molecule has 2 rings (SSSR count). The van der Waals surface area contributed by atoms with Crippen molar-refractivity contribution in [2.45, 2.75) is 44.2 Å². The minimum absolute atomic E-state index is 0.0586. The second kappa shape index (κ2) is 5.56. The number of carboxylic acids is 1. The zero-order valence-electron chi connectivity index (χ0n) is 10.3. The molecule has 2 aliphatic carbocycles. The largest absolute Gasteiger partial charge is 0.481 e. The van der Waals surface area contributed by atoms with Crippen molar-refractivity contribution in [3.8, 4) is 0 Å². The van der Waals surface area contributed by atoms with Gasteiger partial charge in [-0.05, 0) is 25.7 Å². The third-order valence-electron chi connectivity index (χ3n) is 3.73. The van der Waals surface area contributed by atoms with Crippen LogP contribution >= 0.6 is 0 Å². The van der Waals surface area contributed by atoms with Crippen molar-refractivity contribution in [3.63, 3.8) is 0 Å². The molecule has 0 spiro atoms. The Kier molecular flexibility index (Phi) is 4.06. The zero-order chi connectivity index (χ0) is 13.1. The SMILES string of the molecule is O=C(O)C1CCCC1NC(=O)N(CCO)C1CC1. The van der Waals surface area contributed by atoms with Gasteiger partial charge < -0.3 is 20.4 Å². The number of hydrogen-bond acceptors (Lipinski definition) is 3. The molecule has 0 aromatic rings. The van der Waals surface area contributed by atoms with E-state index < -0.39 is 11.9 Å². The number of nitrogens with one attached hydrogen (secondary N) is 1. The summed E-state index contributed by atoms with van der Waals surface area (Å²) >= 11 is 0. The lowest BCUT2D eigenvalue weighted by Gasteiger charge is -2.25. The molecule has 0 aliphatic heterocycles. The first kappa shape index (κ1) is 13.1. The maximum Gasteiger partial charge on any atom is 0.317 e. The highest BCUT2D eigenvalue weighted by molar-refractivity contribution is 5.77. The standard InChI is InChI=1S/C12H20N2O4/c15-7-6-14(8-4-5-8)12(18)13-10-3-1-2-9(10)11(16)17/h8-10,15H,1-7H2,(H,13,18)(H,16,17). The molecule has 6 nitrogen and oxygen atoms in total. The molecule has 2 fully saturated rings. The maximum atomic E-state index is 12.0. The smallest absolute Gasteiger partial charge is 0.317 e. The topological polar surface area (TPSA) is 89.9 Å². The van der Waals surface area contributed by atoms with Crippen LogP contribution < -0.4 is 5.32 Å². The van der Waals surface area contributed by atoms with Crippen molar-refractivity contribution < 1.29 is 19.8 Å². The summed E-state index contributed by atoms with van der Waals surface area (Å²) in [6.07, 6.45) is 4.14. The van der Waals surface area contributed by atoms with Gasteiger partial charge in [0.05, 0.1) is 12.5 Å². The molecule has 2 aliphatic rings. The average molecular weight is 256 g/mol. The molecule has 2 amide bonds. The van der Waals surface area contributed by atoms with Gasteiger partial charge in [0, 0.05) is 18.6 Å². The molecule has 0 aromatic carbocycles. The Morgan fingerprint density at radius 2 is 1.94 bits per heavy atom. The number of carbonyl (C=O) groups is 2. The predicted molar refractivity (Wildman–Crippen MR) is 64.1 cm³/mol. The van der Waals surface area contributed by atoms with Crippen molar-refractivity contribution in [1.82, 2.24) is 10.2 Å². The van der Waals surface area contributed by atoms with E-state index in [9.17, 15) is 9.59 Å². The molecule has 2 saturated carbocycles. The molecule has 0 heterocycles. The Morgan fingerprint density at radius 1 is 1.22 bits per heavy atom. The van der Waals surface area contributed by atoms with E-state index in [-0.39, 0.29) is 24.7 Å². The molecule has 3 N–H and O–H groups in total. The van der Waals surface area contributed by atoms with Gasteiger partial charge in [0.1, 0.15) is 0 Å². The molecular formula is C12H20N2O4. The van der Waals surface area contributed by atoms with Crippen LogP contribution in [-0.4, -0.2) is 52.3 Å². The first-order chi connectivity index (χ1) is 8.63. The summed E-state index contributed by atoms with van der Waals surface area (Å²) in [6, 6.07) is -0.276. The van der Waals surface area contributed by atoms with Crippen LogP contribution in [-0.2, 0) is 4.79 Å². The van der Waals surface area contributed by atoms with Crippen LogP contribution in [0.5, 0.6) is 0 Å². The van der Waals surface area contributed by atoms with E-state index in [1.807, 2.05) is 0 Å². The zero-order valence-corrected chi connectivity index (χ0v) is 10.3. The normalized spacial score (nSPS) is 26.9. The monoisotopic (exact) mass is 256 g/mol. The second-order valence-corrected chi connectivity index (χ2v) is 5.08. The quantitative estimate of drug-likeness (QED) is 0.664. The van der Waals surface area contributed by atoms with Crippen molar-refractivity contribution in [2.24, 2.45) is 5.92 Å². The van der Waals surface area contributed by atoms with E-state index in [1.54, 1.807) is 4.90 Å². The minimum atomic E-state index is -0.835. The van der Waals surface area contributed by atoms with E-state index in [0.29, 0.717) is 13.0 Å². The number of aliphatic hydroxyl groups excluding tert-OH is 1. The summed E-state index contributed by atoms with van der Waals surface area (Å²) in [6.45, 7) is 0.262. The lowest BCUT2D eigenvalue weighted by Crippen LogP contribution is -2.49. The van der Waals surface area contributed by atoms with Gasteiger partial charge in [-0.1, -0.05) is 6.42 Å². The Balaban J connectivity index is 1.90. The van der Waals surface area contributed by atoms with Gasteiger partial charge in [-0.15, -0.1) is 0 Å². The van der Waals surface area contributed by atoms with Crippen LogP contribution in [0, 0.1) is 5.92 Å². The fourth-order valence-electron chi connectivity index (χ4n) is 2.61. The molecule has 102 valence electrons. The van der Waals surface area contributed by atoms with Crippen molar-refractivity contribution in [1.29, 1.82) is 0 Å². The Morgan fingerprint density at radius 3 is 2.50 bits per heavy atom. The molecule has 2 atom stereocenters. The number of carboxylic acid groups (broad SMARTS) is 1. The van der Waals surface area contributed by atoms with Gasteiger partial charge >= 0.3 is 12.0 Å². The fraction of sp³-hybridized carbons (Fsp3) is 0.833. The first-order valence-corrected chi connectivity index (χ1v) is 6.54. The van der Waals surface area contributed by atoms with Crippen LogP contribution in [0.2, 0.25) is 0 Å². The van der Waals surface area contributed by atoms with Crippen LogP contribution in [0.4, 0.5) is 4.79 Å². The minimum Gasteiger partial charge on any atom is -0.481 e. The molecular weight excluding hydrogens is 236 g/mol. The van der Waals surface area contributed by atoms with Gasteiger partial charge in [0.25, 0.3) is 0 Å². The number of aliphatic hydroxyl groups is 1. The molecule has 0 aromatic heterocycles. The van der Waals surface area contributed by atoms with E-state index in [0.717, 1.165) is 25.7 Å². The van der Waals surface area contributed by atoms with E-state index in [1.165, 1.54) is 0 Å². The van der Waals surface area contributed by atoms with Crippen LogP contribution in [0.3, 0.4) is 0 Å². The highest BCUT2D eigenvalue weighted by Gasteiger charge is 2.37. The number of rotatable bonds is 5. The molecule has 18 heavy (non-hydrogen) atoms.